The molecule has 2 fully saturated rings. The minimum absolute atomic E-state index is 0.0186. The van der Waals surface area contributed by atoms with Crippen LogP contribution in [0.5, 0.6) is 11.6 Å². The van der Waals surface area contributed by atoms with Gasteiger partial charge in [-0.15, -0.1) is 11.3 Å². The van der Waals surface area contributed by atoms with Gasteiger partial charge in [-0.25, -0.2) is 4.98 Å². The first kappa shape index (κ1) is 56.3. The molecule has 5 heterocycles. The van der Waals surface area contributed by atoms with Gasteiger partial charge in [-0.2, -0.15) is 0 Å². The highest BCUT2D eigenvalue weighted by Crippen LogP contribution is 2.36. The molecule has 4 atom stereocenters. The number of aromatic nitrogens is 3. The van der Waals surface area contributed by atoms with E-state index < -0.39 is 18.1 Å². The molecule has 18 heteroatoms. The van der Waals surface area contributed by atoms with Crippen LogP contribution in [0.4, 0.5) is 5.69 Å². The van der Waals surface area contributed by atoms with Crippen LogP contribution >= 0.6 is 11.3 Å². The van der Waals surface area contributed by atoms with Crippen LogP contribution in [0.3, 0.4) is 0 Å². The summed E-state index contributed by atoms with van der Waals surface area (Å²) < 4.78 is 29.3. The van der Waals surface area contributed by atoms with E-state index in [9.17, 15) is 24.3 Å². The topological polar surface area (TPSA) is 211 Å². The van der Waals surface area contributed by atoms with E-state index >= 15 is 0 Å². The summed E-state index contributed by atoms with van der Waals surface area (Å²) in [6.07, 6.45) is 1.70. The van der Waals surface area contributed by atoms with Crippen LogP contribution in [0.15, 0.2) is 87.6 Å². The maximum atomic E-state index is 14.2. The third kappa shape index (κ3) is 13.8. The monoisotopic (exact) mass is 1070 g/mol. The third-order valence-corrected chi connectivity index (χ3v) is 15.5. The van der Waals surface area contributed by atoms with E-state index in [1.165, 1.54) is 10.5 Å². The maximum Gasteiger partial charge on any atom is 0.255 e. The largest absolute Gasteiger partial charge is 0.490 e. The van der Waals surface area contributed by atoms with Crippen LogP contribution in [-0.2, 0) is 25.6 Å². The van der Waals surface area contributed by atoms with Crippen molar-refractivity contribution in [3.8, 4) is 33.2 Å². The summed E-state index contributed by atoms with van der Waals surface area (Å²) in [5.74, 6) is -1.16. The van der Waals surface area contributed by atoms with Gasteiger partial charge in [-0.1, -0.05) is 56.3 Å². The van der Waals surface area contributed by atoms with Crippen LogP contribution in [0.1, 0.15) is 115 Å². The van der Waals surface area contributed by atoms with Crippen LogP contribution < -0.4 is 30.6 Å². The summed E-state index contributed by atoms with van der Waals surface area (Å²) in [7, 11) is 0. The number of likely N-dealkylation sites (tertiary alicyclic amines) is 1. The highest BCUT2D eigenvalue weighted by Gasteiger charge is 2.43. The summed E-state index contributed by atoms with van der Waals surface area (Å²) >= 11 is 1.58. The molecule has 0 bridgehead atoms. The number of nitrogens with one attached hydrogen (secondary N) is 3. The molecular formula is C59H73N7O10S. The zero-order valence-corrected chi connectivity index (χ0v) is 46.3. The first-order valence-corrected chi connectivity index (χ1v) is 27.6. The van der Waals surface area contributed by atoms with Crippen LogP contribution in [0.25, 0.3) is 21.6 Å². The third-order valence-electron chi connectivity index (χ3n) is 14.5. The van der Waals surface area contributed by atoms with Crippen molar-refractivity contribution in [1.82, 2.24) is 30.7 Å². The molecule has 8 rings (SSSR count). The SMILES string of the molecule is CCN(c1cc(-c2ccc(OCCOCCCOc3cc(C(C(=O)N4C[C@H](O)C[C@H]4C(=O)N[C@@H](C)c4ccc(-c5scnc5C)cc4)C(C)C)on3)c(C(=O)NCc3c(C)cc(C)[nH]c3=O)c2)ccc1C)C1CCOCC1. The Balaban J connectivity index is 0.841. The number of β-amino-alcohol motifs (C(OH)–C–C–N with tert-alkyl or cyclic N) is 1. The number of H-pyrrole nitrogens is 1. The summed E-state index contributed by atoms with van der Waals surface area (Å²) in [6.45, 7) is 19.0. The van der Waals surface area contributed by atoms with Crippen LogP contribution in [-0.4, -0.2) is 114 Å². The summed E-state index contributed by atoms with van der Waals surface area (Å²) in [6, 6.07) is 22.6. The molecule has 2 saturated heterocycles. The van der Waals surface area contributed by atoms with E-state index in [2.05, 4.69) is 62.7 Å². The van der Waals surface area contributed by atoms with Gasteiger partial charge in [0.15, 0.2) is 5.76 Å². The average molecular weight is 1070 g/mol. The Morgan fingerprint density at radius 2 is 1.64 bits per heavy atom. The minimum atomic E-state index is -0.865. The van der Waals surface area contributed by atoms with E-state index in [0.717, 1.165) is 82.4 Å². The molecule has 17 nitrogen and oxygen atoms in total. The van der Waals surface area contributed by atoms with E-state index in [1.807, 2.05) is 89.5 Å². The molecule has 3 aromatic heterocycles. The normalized spacial score (nSPS) is 16.6. The zero-order chi connectivity index (χ0) is 54.8. The fraction of sp³-hybridized carbons (Fsp3) is 0.458. The Morgan fingerprint density at radius 3 is 2.35 bits per heavy atom. The molecule has 2 aliphatic rings. The van der Waals surface area contributed by atoms with Gasteiger partial charge in [0, 0.05) is 81.3 Å². The number of hydrogen-bond acceptors (Lipinski definition) is 14. The highest BCUT2D eigenvalue weighted by molar-refractivity contribution is 7.13. The van der Waals surface area contributed by atoms with E-state index in [0.29, 0.717) is 41.7 Å². The van der Waals surface area contributed by atoms with Gasteiger partial charge in [-0.05, 0) is 123 Å². The second kappa shape index (κ2) is 26.0. The fourth-order valence-corrected chi connectivity index (χ4v) is 11.2. The number of nitrogens with zero attached hydrogens (tertiary/aromatic N) is 4. The minimum Gasteiger partial charge on any atom is -0.490 e. The molecule has 2 aliphatic heterocycles. The number of aromatic amines is 1. The molecule has 0 spiro atoms. The quantitative estimate of drug-likeness (QED) is 0.0443. The standard InChI is InChI=1S/C59H73N7O10S/c1-9-65(45-19-23-73-24-20-45)49-29-44(12-11-36(49)4)43-17-18-51(47(28-43)56(68)60-32-48-37(5)27-38(6)62-57(48)69)74-26-25-72-21-10-22-75-53-31-52(76-64-53)54(35(2)3)59(71)66-33-46(67)30-50(66)58(70)63-39(7)41-13-15-42(16-14-41)55-40(8)61-34-77-55/h11-18,27-29,31,34-35,39,45-46,50,54,67H,9-10,19-26,30,32-33H2,1-8H3,(H,60,68)(H,62,69)(H,63,70)/t39-,46+,50-,54?/m0/s1. The number of ether oxygens (including phenoxy) is 4. The van der Waals surface area contributed by atoms with Gasteiger partial charge < -0.3 is 54.0 Å². The molecule has 410 valence electrons. The Kier molecular flexibility index (Phi) is 19.0. The number of aliphatic hydroxyl groups excluding tert-OH is 1. The summed E-state index contributed by atoms with van der Waals surface area (Å²) in [5.41, 5.74) is 11.0. The number of thiazole rings is 1. The number of pyridine rings is 1. The van der Waals surface area contributed by atoms with Gasteiger partial charge in [0.05, 0.1) is 47.0 Å². The molecule has 1 unspecified atom stereocenters. The lowest BCUT2D eigenvalue weighted by Gasteiger charge is -2.36. The van der Waals surface area contributed by atoms with E-state index in [1.54, 1.807) is 23.5 Å². The number of rotatable bonds is 23. The maximum absolute atomic E-state index is 14.2. The lowest BCUT2D eigenvalue weighted by Crippen LogP contribution is -2.48. The number of aliphatic hydroxyl groups is 1. The summed E-state index contributed by atoms with van der Waals surface area (Å²) in [4.78, 5) is 67.0. The van der Waals surface area contributed by atoms with Crippen LogP contribution in [0.2, 0.25) is 0 Å². The number of carbonyl (C=O) groups is 3. The molecule has 4 N–H and O–H groups in total. The van der Waals surface area contributed by atoms with Crippen molar-refractivity contribution in [2.45, 2.75) is 118 Å². The summed E-state index contributed by atoms with van der Waals surface area (Å²) in [5, 5.41) is 20.8. The predicted molar refractivity (Wildman–Crippen MR) is 297 cm³/mol. The Hall–Kier alpha value is -6.86. The first-order valence-electron chi connectivity index (χ1n) is 26.8. The highest BCUT2D eigenvalue weighted by atomic mass is 32.1. The molecule has 77 heavy (non-hydrogen) atoms. The number of anilines is 1. The zero-order valence-electron chi connectivity index (χ0n) is 45.5. The Morgan fingerprint density at radius 1 is 0.896 bits per heavy atom. The van der Waals surface area contributed by atoms with Crippen molar-refractivity contribution in [2.75, 3.05) is 57.6 Å². The molecule has 0 saturated carbocycles. The molecular weight excluding hydrogens is 999 g/mol. The number of amides is 3. The molecule has 6 aromatic rings. The number of carbonyl (C=O) groups excluding carboxylic acids is 3. The average Bonchev–Trinajstić information content (AvgIpc) is 4.18. The van der Waals surface area contributed by atoms with Crippen molar-refractivity contribution in [3.63, 3.8) is 0 Å². The van der Waals surface area contributed by atoms with Crippen molar-refractivity contribution in [1.29, 1.82) is 0 Å². The number of aryl methyl sites for hydroxylation is 4. The van der Waals surface area contributed by atoms with Gasteiger partial charge in [0.1, 0.15) is 24.3 Å². The Bertz CT molecular complexity index is 3040. The van der Waals surface area contributed by atoms with E-state index in [-0.39, 0.29) is 80.5 Å². The molecule has 0 radical (unpaired) electrons. The van der Waals surface area contributed by atoms with Gasteiger partial charge in [-0.3, -0.25) is 19.2 Å². The lowest BCUT2D eigenvalue weighted by molar-refractivity contribution is -0.141. The van der Waals surface area contributed by atoms with Crippen molar-refractivity contribution in [3.05, 3.63) is 134 Å². The molecule has 3 amide bonds. The van der Waals surface area contributed by atoms with Gasteiger partial charge in [0.25, 0.3) is 17.3 Å². The van der Waals surface area contributed by atoms with E-state index in [4.69, 9.17) is 23.5 Å². The first-order chi connectivity index (χ1) is 37.1. The predicted octanol–water partition coefficient (Wildman–Crippen LogP) is 8.77. The number of hydrogen-bond donors (Lipinski definition) is 4. The number of benzene rings is 3. The second-order valence-electron chi connectivity index (χ2n) is 20.4. The fourth-order valence-electron chi connectivity index (χ4n) is 10.4. The van der Waals surface area contributed by atoms with Crippen molar-refractivity contribution >= 4 is 34.7 Å². The smallest absolute Gasteiger partial charge is 0.255 e. The van der Waals surface area contributed by atoms with Crippen molar-refractivity contribution < 1.29 is 43.0 Å². The van der Waals surface area contributed by atoms with Crippen LogP contribution in [0, 0.1) is 33.6 Å². The molecule has 3 aromatic carbocycles. The van der Waals surface area contributed by atoms with Gasteiger partial charge in [0.2, 0.25) is 11.8 Å². The second-order valence-corrected chi connectivity index (χ2v) is 21.3. The molecule has 0 aliphatic carbocycles. The Labute approximate surface area is 454 Å². The van der Waals surface area contributed by atoms with Crippen molar-refractivity contribution in [2.24, 2.45) is 5.92 Å². The van der Waals surface area contributed by atoms with Gasteiger partial charge >= 0.3 is 0 Å². The lowest BCUT2D eigenvalue weighted by atomic mass is 9.91.